The Morgan fingerprint density at radius 1 is 1.10 bits per heavy atom. The van der Waals surface area contributed by atoms with E-state index in [0.29, 0.717) is 37.3 Å². The molecule has 5 rings (SSSR count). The van der Waals surface area contributed by atoms with Gasteiger partial charge in [0.2, 0.25) is 17.7 Å². The van der Waals surface area contributed by atoms with Gasteiger partial charge in [-0.25, -0.2) is 0 Å². The van der Waals surface area contributed by atoms with Crippen LogP contribution in [0.2, 0.25) is 0 Å². The van der Waals surface area contributed by atoms with E-state index in [1.54, 1.807) is 24.3 Å². The second kappa shape index (κ2) is 10.8. The summed E-state index contributed by atoms with van der Waals surface area (Å²) in [5, 5.41) is 16.6. The predicted molar refractivity (Wildman–Crippen MR) is 154 cm³/mol. The van der Waals surface area contributed by atoms with Crippen LogP contribution in [0.1, 0.15) is 53.0 Å². The van der Waals surface area contributed by atoms with Gasteiger partial charge in [0.05, 0.1) is 36.7 Å². The molecule has 1 spiro atoms. The Balaban J connectivity index is 1.51. The maximum absolute atomic E-state index is 14.4. The van der Waals surface area contributed by atoms with Gasteiger partial charge in [-0.15, -0.1) is 0 Å². The van der Waals surface area contributed by atoms with Crippen LogP contribution in [0.15, 0.2) is 54.6 Å². The standard InChI is InChI=1S/C32H41N3O6/c1-6-40-23-14-12-21(13-15-23)33-27(37)24-25-29(39)35(22(19-36)18-20-10-8-7-9-11-20)26(28(38)34-30(2,3)4)32(25)17-16-31(24,5)41-32/h7-15,22,24-26,36H,6,16-19H2,1-5H3,(H,33,37)(H,34,38)/t22-,24+,25+,26?,31-,32?/m1/s1. The van der Waals surface area contributed by atoms with E-state index in [2.05, 4.69) is 10.6 Å². The number of likely N-dealkylation sites (tertiary alicyclic amines) is 1. The van der Waals surface area contributed by atoms with Crippen molar-refractivity contribution in [3.05, 3.63) is 60.2 Å². The minimum absolute atomic E-state index is 0.322. The van der Waals surface area contributed by atoms with Gasteiger partial charge in [0.25, 0.3) is 0 Å². The lowest BCUT2D eigenvalue weighted by molar-refractivity contribution is -0.149. The topological polar surface area (TPSA) is 117 Å². The van der Waals surface area contributed by atoms with Crippen molar-refractivity contribution in [1.29, 1.82) is 0 Å². The van der Waals surface area contributed by atoms with E-state index in [9.17, 15) is 19.5 Å². The Labute approximate surface area is 241 Å². The molecular weight excluding hydrogens is 522 g/mol. The lowest BCUT2D eigenvalue weighted by Gasteiger charge is -2.38. The first-order chi connectivity index (χ1) is 19.4. The summed E-state index contributed by atoms with van der Waals surface area (Å²) in [7, 11) is 0. The second-order valence-electron chi connectivity index (χ2n) is 12.7. The number of hydrogen-bond acceptors (Lipinski definition) is 6. The van der Waals surface area contributed by atoms with Gasteiger partial charge in [-0.1, -0.05) is 30.3 Å². The number of benzene rings is 2. The van der Waals surface area contributed by atoms with Crippen molar-refractivity contribution in [1.82, 2.24) is 10.2 Å². The Hall–Kier alpha value is -3.43. The summed E-state index contributed by atoms with van der Waals surface area (Å²) in [5.41, 5.74) is -1.12. The third-order valence-corrected chi connectivity index (χ3v) is 8.59. The molecule has 9 nitrogen and oxygen atoms in total. The lowest BCUT2D eigenvalue weighted by Crippen LogP contribution is -2.60. The highest BCUT2D eigenvalue weighted by Crippen LogP contribution is 2.63. The second-order valence-corrected chi connectivity index (χ2v) is 12.7. The number of anilines is 1. The highest BCUT2D eigenvalue weighted by Gasteiger charge is 2.78. The first kappa shape index (κ1) is 29.1. The number of ether oxygens (including phenoxy) is 2. The van der Waals surface area contributed by atoms with E-state index in [1.165, 1.54) is 4.90 Å². The van der Waals surface area contributed by atoms with Crippen molar-refractivity contribution in [3.63, 3.8) is 0 Å². The van der Waals surface area contributed by atoms with E-state index in [4.69, 9.17) is 9.47 Å². The van der Waals surface area contributed by atoms with E-state index in [1.807, 2.05) is 65.0 Å². The molecule has 3 amide bonds. The van der Waals surface area contributed by atoms with Crippen LogP contribution in [0.3, 0.4) is 0 Å². The highest BCUT2D eigenvalue weighted by atomic mass is 16.5. The average Bonchev–Trinajstić information content (AvgIpc) is 3.49. The third-order valence-electron chi connectivity index (χ3n) is 8.59. The summed E-state index contributed by atoms with van der Waals surface area (Å²) in [5.74, 6) is -1.95. The molecule has 3 aliphatic heterocycles. The molecule has 2 bridgehead atoms. The van der Waals surface area contributed by atoms with Crippen LogP contribution in [0.4, 0.5) is 5.69 Å². The number of nitrogens with one attached hydrogen (secondary N) is 2. The number of aliphatic hydroxyl groups excluding tert-OH is 1. The molecule has 3 aliphatic rings. The maximum atomic E-state index is 14.4. The fraction of sp³-hybridized carbons (Fsp3) is 0.531. The van der Waals surface area contributed by atoms with Crippen molar-refractivity contribution < 1.29 is 29.0 Å². The van der Waals surface area contributed by atoms with Crippen LogP contribution in [0.5, 0.6) is 5.75 Å². The quantitative estimate of drug-likeness (QED) is 0.431. The summed E-state index contributed by atoms with van der Waals surface area (Å²) in [4.78, 5) is 43.8. The van der Waals surface area contributed by atoms with Crippen LogP contribution in [0, 0.1) is 11.8 Å². The first-order valence-electron chi connectivity index (χ1n) is 14.5. The van der Waals surface area contributed by atoms with Crippen molar-refractivity contribution in [2.24, 2.45) is 11.8 Å². The maximum Gasteiger partial charge on any atom is 0.246 e. The number of carbonyl (C=O) groups excluding carboxylic acids is 3. The van der Waals surface area contributed by atoms with Gasteiger partial charge in [-0.2, -0.15) is 0 Å². The predicted octanol–water partition coefficient (Wildman–Crippen LogP) is 3.31. The minimum atomic E-state index is -1.17. The van der Waals surface area contributed by atoms with Crippen molar-refractivity contribution in [3.8, 4) is 5.75 Å². The summed E-state index contributed by atoms with van der Waals surface area (Å²) in [6.45, 7) is 9.63. The molecule has 3 saturated heterocycles. The molecule has 0 aliphatic carbocycles. The molecule has 0 aromatic heterocycles. The highest BCUT2D eigenvalue weighted by molar-refractivity contribution is 6.02. The molecule has 9 heteroatoms. The number of rotatable bonds is 9. The van der Waals surface area contributed by atoms with Crippen LogP contribution < -0.4 is 15.4 Å². The van der Waals surface area contributed by atoms with Gasteiger partial charge in [0, 0.05) is 11.2 Å². The van der Waals surface area contributed by atoms with Crippen molar-refractivity contribution >= 4 is 23.4 Å². The zero-order valence-corrected chi connectivity index (χ0v) is 24.5. The summed E-state index contributed by atoms with van der Waals surface area (Å²) < 4.78 is 12.2. The number of aliphatic hydroxyl groups is 1. The number of hydrogen-bond donors (Lipinski definition) is 3. The molecule has 3 fully saturated rings. The van der Waals surface area contributed by atoms with E-state index in [0.717, 1.165) is 5.56 Å². The van der Waals surface area contributed by atoms with Crippen molar-refractivity contribution in [2.75, 3.05) is 18.5 Å². The largest absolute Gasteiger partial charge is 0.494 e. The summed E-state index contributed by atoms with van der Waals surface area (Å²) in [6, 6.07) is 15.0. The Morgan fingerprint density at radius 3 is 2.39 bits per heavy atom. The molecule has 220 valence electrons. The Bertz CT molecular complexity index is 1290. The number of nitrogens with zero attached hydrogens (tertiary/aromatic N) is 1. The normalized spacial score (nSPS) is 29.3. The van der Waals surface area contributed by atoms with Gasteiger partial charge >= 0.3 is 0 Å². The Kier molecular flexibility index (Phi) is 7.63. The van der Waals surface area contributed by atoms with E-state index in [-0.39, 0.29) is 24.3 Å². The summed E-state index contributed by atoms with van der Waals surface area (Å²) in [6.07, 6.45) is 1.37. The van der Waals surface area contributed by atoms with Crippen LogP contribution >= 0.6 is 0 Å². The molecule has 0 radical (unpaired) electrons. The fourth-order valence-corrected chi connectivity index (χ4v) is 7.05. The zero-order chi connectivity index (χ0) is 29.6. The monoisotopic (exact) mass is 563 g/mol. The van der Waals surface area contributed by atoms with E-state index < -0.39 is 40.7 Å². The fourth-order valence-electron chi connectivity index (χ4n) is 7.05. The first-order valence-corrected chi connectivity index (χ1v) is 14.5. The molecule has 41 heavy (non-hydrogen) atoms. The zero-order valence-electron chi connectivity index (χ0n) is 24.5. The number of fused-ring (bicyclic) bond motifs is 1. The third kappa shape index (κ3) is 5.21. The minimum Gasteiger partial charge on any atom is -0.494 e. The Morgan fingerprint density at radius 2 is 1.78 bits per heavy atom. The van der Waals surface area contributed by atoms with Gasteiger partial charge in [-0.3, -0.25) is 14.4 Å². The SMILES string of the molecule is CCOc1ccc(NC(=O)[C@@H]2[C@H]3C(=O)N([C@@H](CO)Cc4ccccc4)C(C(=O)NC(C)(C)C)C34CC[C@@]2(C)O4)cc1. The number of carbonyl (C=O) groups is 3. The number of amides is 3. The average molecular weight is 564 g/mol. The van der Waals surface area contributed by atoms with Crippen LogP contribution in [-0.4, -0.2) is 69.8 Å². The van der Waals surface area contributed by atoms with Crippen LogP contribution in [-0.2, 0) is 25.5 Å². The molecule has 3 heterocycles. The van der Waals surface area contributed by atoms with Gasteiger partial charge in [-0.05, 0) is 83.7 Å². The molecule has 0 saturated carbocycles. The molecule has 3 N–H and O–H groups in total. The summed E-state index contributed by atoms with van der Waals surface area (Å²) >= 11 is 0. The molecule has 6 atom stereocenters. The van der Waals surface area contributed by atoms with Crippen LogP contribution in [0.25, 0.3) is 0 Å². The van der Waals surface area contributed by atoms with Crippen molar-refractivity contribution in [2.45, 2.75) is 82.7 Å². The van der Waals surface area contributed by atoms with Gasteiger partial charge < -0.3 is 30.1 Å². The molecular formula is C32H41N3O6. The van der Waals surface area contributed by atoms with Gasteiger partial charge in [0.1, 0.15) is 17.4 Å². The molecule has 2 aromatic carbocycles. The molecule has 2 aromatic rings. The lowest BCUT2D eigenvalue weighted by atomic mass is 9.66. The van der Waals surface area contributed by atoms with E-state index >= 15 is 0 Å². The molecule has 2 unspecified atom stereocenters. The van der Waals surface area contributed by atoms with Gasteiger partial charge in [0.15, 0.2) is 0 Å². The smallest absolute Gasteiger partial charge is 0.246 e.